The molecule has 2 aromatic rings. The van der Waals surface area contributed by atoms with Crippen LogP contribution in [0.25, 0.3) is 0 Å². The molecular formula is C17H24N6O2. The molecule has 0 unspecified atom stereocenters. The highest BCUT2D eigenvalue weighted by Gasteiger charge is 2.26. The molecule has 0 aliphatic carbocycles. The van der Waals surface area contributed by atoms with E-state index in [9.17, 15) is 9.59 Å². The molecule has 1 saturated heterocycles. The maximum atomic E-state index is 12.7. The van der Waals surface area contributed by atoms with E-state index in [0.29, 0.717) is 13.1 Å². The zero-order chi connectivity index (χ0) is 17.2. The first-order valence-corrected chi connectivity index (χ1v) is 9.16. The quantitative estimate of drug-likeness (QED) is 0.896. The number of aryl methyl sites for hydroxylation is 1. The lowest BCUT2D eigenvalue weighted by molar-refractivity contribution is -0.133. The number of fused-ring (bicyclic) bond motifs is 1. The van der Waals surface area contributed by atoms with Gasteiger partial charge in [-0.05, 0) is 31.7 Å². The van der Waals surface area contributed by atoms with Gasteiger partial charge in [0, 0.05) is 43.9 Å². The van der Waals surface area contributed by atoms with Gasteiger partial charge in [0.15, 0.2) is 0 Å². The van der Waals surface area contributed by atoms with Crippen molar-refractivity contribution in [1.82, 2.24) is 29.4 Å². The molecule has 0 aromatic carbocycles. The first-order valence-electron chi connectivity index (χ1n) is 9.16. The van der Waals surface area contributed by atoms with Crippen LogP contribution in [-0.4, -0.2) is 48.4 Å². The van der Waals surface area contributed by atoms with Crippen LogP contribution in [0.4, 0.5) is 0 Å². The van der Waals surface area contributed by atoms with Crippen molar-refractivity contribution in [2.45, 2.75) is 57.5 Å². The lowest BCUT2D eigenvalue weighted by atomic mass is 9.95. The Bertz CT molecular complexity index is 791. The van der Waals surface area contributed by atoms with E-state index < -0.39 is 0 Å². The molecule has 8 heteroatoms. The molecule has 1 fully saturated rings. The topological polar surface area (TPSA) is 88.8 Å². The van der Waals surface area contributed by atoms with Crippen LogP contribution in [-0.2, 0) is 24.3 Å². The first kappa shape index (κ1) is 16.1. The second-order valence-corrected chi connectivity index (χ2v) is 7.01. The Balaban J connectivity index is 1.46. The highest BCUT2D eigenvalue weighted by Crippen LogP contribution is 2.25. The number of carbonyl (C=O) groups is 1. The van der Waals surface area contributed by atoms with Crippen molar-refractivity contribution >= 4 is 5.91 Å². The molecule has 2 aliphatic heterocycles. The van der Waals surface area contributed by atoms with E-state index in [0.717, 1.165) is 56.6 Å². The summed E-state index contributed by atoms with van der Waals surface area (Å²) in [6.07, 6.45) is 7.77. The predicted molar refractivity (Wildman–Crippen MR) is 91.2 cm³/mol. The number of likely N-dealkylation sites (tertiary alicyclic amines) is 1. The van der Waals surface area contributed by atoms with Crippen molar-refractivity contribution in [3.63, 3.8) is 0 Å². The molecule has 8 nitrogen and oxygen atoms in total. The fraction of sp³-hybridized carbons (Fsp3) is 0.647. The summed E-state index contributed by atoms with van der Waals surface area (Å²) in [5.74, 6) is 1.08. The zero-order valence-corrected chi connectivity index (χ0v) is 14.4. The zero-order valence-electron chi connectivity index (χ0n) is 14.4. The summed E-state index contributed by atoms with van der Waals surface area (Å²) in [6.45, 7) is 2.16. The molecule has 4 heterocycles. The van der Waals surface area contributed by atoms with E-state index >= 15 is 0 Å². The van der Waals surface area contributed by atoms with Gasteiger partial charge in [0.2, 0.25) is 5.91 Å². The maximum absolute atomic E-state index is 12.7. The summed E-state index contributed by atoms with van der Waals surface area (Å²) in [7, 11) is 0. The van der Waals surface area contributed by atoms with Crippen LogP contribution in [0.15, 0.2) is 17.1 Å². The Morgan fingerprint density at radius 1 is 1.24 bits per heavy atom. The second-order valence-electron chi connectivity index (χ2n) is 7.01. The van der Waals surface area contributed by atoms with E-state index in [4.69, 9.17) is 0 Å². The van der Waals surface area contributed by atoms with Crippen LogP contribution in [0.3, 0.4) is 0 Å². The summed E-state index contributed by atoms with van der Waals surface area (Å²) >= 11 is 0. The van der Waals surface area contributed by atoms with Gasteiger partial charge in [-0.2, -0.15) is 10.2 Å². The number of carbonyl (C=O) groups excluding carboxylic acids is 1. The van der Waals surface area contributed by atoms with Gasteiger partial charge in [-0.1, -0.05) is 6.42 Å². The normalized spacial score (nSPS) is 21.0. The van der Waals surface area contributed by atoms with E-state index in [1.54, 1.807) is 10.8 Å². The highest BCUT2D eigenvalue weighted by atomic mass is 16.2. The molecule has 1 N–H and O–H groups in total. The largest absolute Gasteiger partial charge is 0.346 e. The van der Waals surface area contributed by atoms with Crippen LogP contribution in [0.2, 0.25) is 0 Å². The fourth-order valence-corrected chi connectivity index (χ4v) is 3.91. The summed E-state index contributed by atoms with van der Waals surface area (Å²) in [6, 6.07) is 1.97. The highest BCUT2D eigenvalue weighted by molar-refractivity contribution is 5.76. The van der Waals surface area contributed by atoms with E-state index in [1.807, 2.05) is 11.0 Å². The Kier molecular flexibility index (Phi) is 4.42. The maximum Gasteiger partial charge on any atom is 0.346 e. The van der Waals surface area contributed by atoms with Gasteiger partial charge in [-0.3, -0.25) is 14.5 Å². The third kappa shape index (κ3) is 3.25. The summed E-state index contributed by atoms with van der Waals surface area (Å²) in [5.41, 5.74) is 0.927. The molecule has 4 rings (SSSR count). The van der Waals surface area contributed by atoms with Crippen LogP contribution in [0.1, 0.15) is 49.5 Å². The first-order chi connectivity index (χ1) is 12.2. The van der Waals surface area contributed by atoms with Crippen LogP contribution in [0.5, 0.6) is 0 Å². The Morgan fingerprint density at radius 2 is 2.16 bits per heavy atom. The number of amides is 1. The average molecular weight is 344 g/mol. The number of H-pyrrole nitrogens is 1. The van der Waals surface area contributed by atoms with Crippen molar-refractivity contribution in [3.8, 4) is 0 Å². The molecule has 2 aromatic heterocycles. The van der Waals surface area contributed by atoms with Crippen LogP contribution in [0, 0.1) is 0 Å². The summed E-state index contributed by atoms with van der Waals surface area (Å²) in [4.78, 5) is 27.1. The second kappa shape index (κ2) is 6.85. The summed E-state index contributed by atoms with van der Waals surface area (Å²) < 4.78 is 3.09. The van der Waals surface area contributed by atoms with Crippen molar-refractivity contribution in [1.29, 1.82) is 0 Å². The Labute approximate surface area is 145 Å². The SMILES string of the molecule is O=C(Cn1nc2n(c1=O)CCCCC2)N1CCC[C@@H](c2ccn[nH]2)C1. The van der Waals surface area contributed by atoms with Gasteiger partial charge in [0.1, 0.15) is 12.4 Å². The van der Waals surface area contributed by atoms with Crippen molar-refractivity contribution in [3.05, 3.63) is 34.3 Å². The third-order valence-electron chi connectivity index (χ3n) is 5.30. The van der Waals surface area contributed by atoms with Crippen molar-refractivity contribution in [2.24, 2.45) is 0 Å². The number of aromatic amines is 1. The molecule has 0 saturated carbocycles. The standard InChI is InChI=1S/C17H24N6O2/c24-16(21-9-4-5-13(11-21)14-7-8-18-19-14)12-23-17(25)22-10-3-1-2-6-15(22)20-23/h7-8,13H,1-6,9-12H2,(H,18,19)/t13-/m1/s1. The number of piperidine rings is 1. The van der Waals surface area contributed by atoms with Crippen molar-refractivity contribution < 1.29 is 4.79 Å². The molecule has 1 atom stereocenters. The number of nitrogens with zero attached hydrogens (tertiary/aromatic N) is 5. The Morgan fingerprint density at radius 3 is 3.00 bits per heavy atom. The molecular weight excluding hydrogens is 320 g/mol. The fourth-order valence-electron chi connectivity index (χ4n) is 3.91. The van der Waals surface area contributed by atoms with E-state index in [1.165, 1.54) is 4.68 Å². The monoisotopic (exact) mass is 344 g/mol. The number of hydrogen-bond donors (Lipinski definition) is 1. The van der Waals surface area contributed by atoms with Crippen LogP contribution < -0.4 is 5.69 Å². The van der Waals surface area contributed by atoms with E-state index in [-0.39, 0.29) is 24.1 Å². The minimum absolute atomic E-state index is 0.0282. The van der Waals surface area contributed by atoms with Gasteiger partial charge in [0.25, 0.3) is 0 Å². The number of hydrogen-bond acceptors (Lipinski definition) is 4. The van der Waals surface area contributed by atoms with Gasteiger partial charge >= 0.3 is 5.69 Å². The van der Waals surface area contributed by atoms with Gasteiger partial charge < -0.3 is 4.90 Å². The van der Waals surface area contributed by atoms with E-state index in [2.05, 4.69) is 15.3 Å². The average Bonchev–Trinajstić information content (AvgIpc) is 3.19. The minimum atomic E-state index is -0.146. The van der Waals surface area contributed by atoms with Gasteiger partial charge in [0.05, 0.1) is 0 Å². The molecule has 1 amide bonds. The third-order valence-corrected chi connectivity index (χ3v) is 5.30. The summed E-state index contributed by atoms with van der Waals surface area (Å²) in [5, 5.41) is 11.4. The molecule has 2 aliphatic rings. The van der Waals surface area contributed by atoms with Crippen molar-refractivity contribution in [2.75, 3.05) is 13.1 Å². The Hall–Kier alpha value is -2.38. The molecule has 25 heavy (non-hydrogen) atoms. The number of aromatic nitrogens is 5. The molecule has 0 spiro atoms. The number of nitrogens with one attached hydrogen (secondary N) is 1. The minimum Gasteiger partial charge on any atom is -0.340 e. The van der Waals surface area contributed by atoms with Crippen LogP contribution >= 0.6 is 0 Å². The lowest BCUT2D eigenvalue weighted by Crippen LogP contribution is -2.42. The molecule has 0 radical (unpaired) electrons. The lowest BCUT2D eigenvalue weighted by Gasteiger charge is -2.32. The smallest absolute Gasteiger partial charge is 0.340 e. The van der Waals surface area contributed by atoms with Gasteiger partial charge in [-0.25, -0.2) is 9.48 Å². The molecule has 134 valence electrons. The molecule has 0 bridgehead atoms. The predicted octanol–water partition coefficient (Wildman–Crippen LogP) is 0.900. The number of rotatable bonds is 3. The van der Waals surface area contributed by atoms with Gasteiger partial charge in [-0.15, -0.1) is 0 Å².